The molecule has 3 aliphatic rings. The number of amides is 2. The molecule has 0 spiro atoms. The van der Waals surface area contributed by atoms with Gasteiger partial charge in [0.2, 0.25) is 0 Å². The monoisotopic (exact) mass is 242 g/mol. The first-order valence-electron chi connectivity index (χ1n) is 6.53. The number of rotatable bonds is 1. The Morgan fingerprint density at radius 1 is 0.833 bits per heavy atom. The van der Waals surface area contributed by atoms with E-state index in [0.717, 1.165) is 25.7 Å². The summed E-state index contributed by atoms with van der Waals surface area (Å²) in [5.74, 6) is -0.288. The molecule has 0 N–H and O–H groups in total. The Labute approximate surface area is 105 Å². The van der Waals surface area contributed by atoms with Crippen molar-refractivity contribution in [3.05, 3.63) is 35.4 Å². The number of benzene rings is 1. The van der Waals surface area contributed by atoms with Crippen molar-refractivity contribution in [3.63, 3.8) is 0 Å². The molecule has 18 heavy (non-hydrogen) atoms. The van der Waals surface area contributed by atoms with E-state index < -0.39 is 0 Å². The maximum atomic E-state index is 12.4. The number of imide groups is 1. The minimum absolute atomic E-state index is 0.144. The van der Waals surface area contributed by atoms with Crippen molar-refractivity contribution in [2.45, 2.75) is 37.8 Å². The van der Waals surface area contributed by atoms with Crippen molar-refractivity contribution in [2.24, 2.45) is 0 Å². The Morgan fingerprint density at radius 3 is 1.72 bits per heavy atom. The van der Waals surface area contributed by atoms with Crippen LogP contribution < -0.4 is 0 Å². The topological polar surface area (TPSA) is 40.6 Å². The van der Waals surface area contributed by atoms with Gasteiger partial charge in [0.25, 0.3) is 11.8 Å². The molecule has 2 amide bonds. The number of nitrogens with zero attached hydrogens (tertiary/aromatic N) is 2. The van der Waals surface area contributed by atoms with E-state index in [-0.39, 0.29) is 11.8 Å². The highest BCUT2D eigenvalue weighted by molar-refractivity contribution is 6.21. The number of hydrogen-bond acceptors (Lipinski definition) is 3. The third-order valence-corrected chi connectivity index (χ3v) is 4.42. The molecule has 3 heterocycles. The molecule has 4 heteroatoms. The zero-order valence-corrected chi connectivity index (χ0v) is 10.0. The van der Waals surface area contributed by atoms with Gasteiger partial charge in [0.05, 0.1) is 11.1 Å². The zero-order valence-electron chi connectivity index (χ0n) is 10.0. The molecule has 0 aromatic heterocycles. The lowest BCUT2D eigenvalue weighted by molar-refractivity contribution is -0.00770. The van der Waals surface area contributed by atoms with Gasteiger partial charge in [-0.15, -0.1) is 0 Å². The van der Waals surface area contributed by atoms with Crippen LogP contribution in [0, 0.1) is 0 Å². The summed E-state index contributed by atoms with van der Waals surface area (Å²) >= 11 is 0. The summed E-state index contributed by atoms with van der Waals surface area (Å²) in [6.07, 6.45) is 4.44. The van der Waals surface area contributed by atoms with Gasteiger partial charge in [-0.3, -0.25) is 9.59 Å². The van der Waals surface area contributed by atoms with Crippen molar-refractivity contribution in [1.82, 2.24) is 10.0 Å². The quantitative estimate of drug-likeness (QED) is 0.705. The molecular formula is C14H14N2O2. The number of carbonyl (C=O) groups is 2. The van der Waals surface area contributed by atoms with E-state index in [4.69, 9.17) is 0 Å². The predicted octanol–water partition coefficient (Wildman–Crippen LogP) is 1.82. The molecule has 4 nitrogen and oxygen atoms in total. The lowest BCUT2D eigenvalue weighted by Crippen LogP contribution is -2.48. The van der Waals surface area contributed by atoms with Gasteiger partial charge in [-0.05, 0) is 37.8 Å². The van der Waals surface area contributed by atoms with E-state index in [1.54, 1.807) is 12.1 Å². The van der Waals surface area contributed by atoms with Crippen LogP contribution >= 0.6 is 0 Å². The van der Waals surface area contributed by atoms with Crippen molar-refractivity contribution in [2.75, 3.05) is 0 Å². The second-order valence-electron chi connectivity index (χ2n) is 5.31. The Bertz CT molecular complexity index is 499. The van der Waals surface area contributed by atoms with Crippen LogP contribution in [-0.2, 0) is 0 Å². The second kappa shape index (κ2) is 3.42. The Kier molecular flexibility index (Phi) is 1.95. The molecule has 3 aliphatic heterocycles. The van der Waals surface area contributed by atoms with Crippen LogP contribution in [0.5, 0.6) is 0 Å². The minimum atomic E-state index is -0.144. The van der Waals surface area contributed by atoms with Gasteiger partial charge in [0, 0.05) is 12.1 Å². The molecule has 2 bridgehead atoms. The van der Waals surface area contributed by atoms with Gasteiger partial charge in [0.15, 0.2) is 0 Å². The highest BCUT2D eigenvalue weighted by Crippen LogP contribution is 2.41. The molecule has 0 unspecified atom stereocenters. The van der Waals surface area contributed by atoms with Crippen LogP contribution in [0.15, 0.2) is 24.3 Å². The summed E-state index contributed by atoms with van der Waals surface area (Å²) in [6.45, 7) is 0. The van der Waals surface area contributed by atoms with Gasteiger partial charge in [0.1, 0.15) is 0 Å². The van der Waals surface area contributed by atoms with E-state index in [9.17, 15) is 9.59 Å². The van der Waals surface area contributed by atoms with Gasteiger partial charge in [-0.1, -0.05) is 12.1 Å². The fraction of sp³-hybridized carbons (Fsp3) is 0.429. The first-order chi connectivity index (χ1) is 8.77. The van der Waals surface area contributed by atoms with Crippen LogP contribution in [0.2, 0.25) is 0 Å². The van der Waals surface area contributed by atoms with Crippen molar-refractivity contribution in [1.29, 1.82) is 0 Å². The summed E-state index contributed by atoms with van der Waals surface area (Å²) in [5, 5.41) is 3.45. The van der Waals surface area contributed by atoms with E-state index in [1.807, 2.05) is 17.1 Å². The normalized spacial score (nSPS) is 30.3. The molecule has 92 valence electrons. The highest BCUT2D eigenvalue weighted by Gasteiger charge is 2.49. The lowest BCUT2D eigenvalue weighted by atomic mass is 10.0. The van der Waals surface area contributed by atoms with E-state index in [2.05, 4.69) is 0 Å². The fourth-order valence-corrected chi connectivity index (χ4v) is 3.60. The standard InChI is InChI=1S/C14H14N2O2/c17-13-11-3-1-2-4-12(11)14(18)16(13)15-9-5-6-10(15)8-7-9/h1-4,9-10H,5-8H2. The van der Waals surface area contributed by atoms with Crippen LogP contribution in [0.3, 0.4) is 0 Å². The summed E-state index contributed by atoms with van der Waals surface area (Å²) in [5.41, 5.74) is 1.10. The van der Waals surface area contributed by atoms with E-state index >= 15 is 0 Å². The first-order valence-corrected chi connectivity index (χ1v) is 6.53. The second-order valence-corrected chi connectivity index (χ2v) is 5.31. The molecule has 1 aromatic rings. The Morgan fingerprint density at radius 2 is 1.28 bits per heavy atom. The first kappa shape index (κ1) is 10.3. The van der Waals surface area contributed by atoms with Crippen molar-refractivity contribution < 1.29 is 9.59 Å². The van der Waals surface area contributed by atoms with Crippen LogP contribution in [0.4, 0.5) is 0 Å². The minimum Gasteiger partial charge on any atom is -0.267 e. The molecule has 0 aliphatic carbocycles. The molecular weight excluding hydrogens is 228 g/mol. The van der Waals surface area contributed by atoms with Gasteiger partial charge in [-0.25, -0.2) is 10.0 Å². The highest BCUT2D eigenvalue weighted by atomic mass is 16.2. The van der Waals surface area contributed by atoms with Crippen LogP contribution in [0.1, 0.15) is 46.4 Å². The summed E-state index contributed by atoms with van der Waals surface area (Å²) < 4.78 is 0. The predicted molar refractivity (Wildman–Crippen MR) is 64.8 cm³/mol. The summed E-state index contributed by atoms with van der Waals surface area (Å²) in [6, 6.07) is 7.88. The fourth-order valence-electron chi connectivity index (χ4n) is 3.60. The molecule has 4 rings (SSSR count). The maximum absolute atomic E-state index is 12.4. The van der Waals surface area contributed by atoms with Crippen molar-refractivity contribution >= 4 is 11.8 Å². The Balaban J connectivity index is 1.77. The molecule has 0 atom stereocenters. The number of hydrogen-bond donors (Lipinski definition) is 0. The van der Waals surface area contributed by atoms with Gasteiger partial charge in [-0.2, -0.15) is 0 Å². The molecule has 0 radical (unpaired) electrons. The SMILES string of the molecule is O=C1c2ccccc2C(=O)N1N1C2CCC1CC2. The Hall–Kier alpha value is -1.68. The number of fused-ring (bicyclic) bond motifs is 3. The molecule has 2 saturated heterocycles. The summed E-state index contributed by atoms with van der Waals surface area (Å²) in [4.78, 5) is 24.8. The number of carbonyl (C=O) groups excluding carboxylic acids is 2. The third kappa shape index (κ3) is 1.13. The van der Waals surface area contributed by atoms with Gasteiger partial charge >= 0.3 is 0 Å². The maximum Gasteiger partial charge on any atom is 0.276 e. The van der Waals surface area contributed by atoms with E-state index in [1.165, 1.54) is 5.01 Å². The summed E-state index contributed by atoms with van der Waals surface area (Å²) in [7, 11) is 0. The lowest BCUT2D eigenvalue weighted by Gasteiger charge is -2.30. The smallest absolute Gasteiger partial charge is 0.267 e. The number of hydrazine groups is 1. The largest absolute Gasteiger partial charge is 0.276 e. The van der Waals surface area contributed by atoms with Crippen LogP contribution in [0.25, 0.3) is 0 Å². The average Bonchev–Trinajstić information content (AvgIpc) is 3.04. The van der Waals surface area contributed by atoms with Crippen LogP contribution in [-0.4, -0.2) is 33.9 Å². The molecule has 0 saturated carbocycles. The molecule has 1 aromatic carbocycles. The van der Waals surface area contributed by atoms with Gasteiger partial charge < -0.3 is 0 Å². The third-order valence-electron chi connectivity index (χ3n) is 4.42. The molecule has 2 fully saturated rings. The average molecular weight is 242 g/mol. The van der Waals surface area contributed by atoms with E-state index in [0.29, 0.717) is 23.2 Å². The van der Waals surface area contributed by atoms with Crippen molar-refractivity contribution in [3.8, 4) is 0 Å². The zero-order chi connectivity index (χ0) is 12.3.